The molecule has 0 saturated carbocycles. The van der Waals surface area contributed by atoms with Crippen molar-refractivity contribution >= 4 is 21.4 Å². The van der Waals surface area contributed by atoms with Crippen LogP contribution in [0.5, 0.6) is 0 Å². The second-order valence-corrected chi connectivity index (χ2v) is 5.52. The van der Waals surface area contributed by atoms with Crippen molar-refractivity contribution in [3.05, 3.63) is 35.2 Å². The van der Waals surface area contributed by atoms with Crippen molar-refractivity contribution in [2.45, 2.75) is 19.4 Å². The summed E-state index contributed by atoms with van der Waals surface area (Å²) < 4.78 is 1.36. The monoisotopic (exact) mass is 248 g/mol. The molecule has 0 bridgehead atoms. The van der Waals surface area contributed by atoms with Gasteiger partial charge >= 0.3 is 0 Å². The first-order valence-corrected chi connectivity index (χ1v) is 6.97. The Labute approximate surface area is 107 Å². The van der Waals surface area contributed by atoms with Crippen LogP contribution in [0.4, 0.5) is 0 Å². The molecule has 92 valence electrons. The lowest BCUT2D eigenvalue weighted by Gasteiger charge is -2.19. The standard InChI is InChI=1S/C14H20N2S/c1-10(8-15)7-13(16-2)12-9-17-14-6-4-3-5-11(12)14/h3-6,9-10,13,16H,7-8,15H2,1-2H3. The fourth-order valence-electron chi connectivity index (χ4n) is 2.17. The predicted octanol–water partition coefficient (Wildman–Crippen LogP) is 3.15. The second kappa shape index (κ2) is 5.63. The van der Waals surface area contributed by atoms with Crippen LogP contribution >= 0.6 is 11.3 Å². The Kier molecular flexibility index (Phi) is 4.15. The average Bonchev–Trinajstić information content (AvgIpc) is 2.79. The molecule has 1 heterocycles. The molecule has 2 unspecified atom stereocenters. The van der Waals surface area contributed by atoms with Gasteiger partial charge in [0.25, 0.3) is 0 Å². The molecule has 0 aliphatic rings. The van der Waals surface area contributed by atoms with E-state index >= 15 is 0 Å². The highest BCUT2D eigenvalue weighted by Crippen LogP contribution is 2.32. The number of rotatable bonds is 5. The first-order chi connectivity index (χ1) is 8.26. The number of nitrogens with two attached hydrogens (primary N) is 1. The molecule has 2 aromatic rings. The fraction of sp³-hybridized carbons (Fsp3) is 0.429. The third-order valence-corrected chi connectivity index (χ3v) is 4.26. The number of hydrogen-bond donors (Lipinski definition) is 2. The van der Waals surface area contributed by atoms with E-state index in [0.717, 1.165) is 13.0 Å². The molecule has 0 aliphatic heterocycles. The fourth-order valence-corrected chi connectivity index (χ4v) is 3.18. The zero-order valence-corrected chi connectivity index (χ0v) is 11.3. The summed E-state index contributed by atoms with van der Waals surface area (Å²) in [7, 11) is 2.03. The van der Waals surface area contributed by atoms with Crippen LogP contribution in [0.25, 0.3) is 10.1 Å². The predicted molar refractivity (Wildman–Crippen MR) is 76.5 cm³/mol. The summed E-state index contributed by atoms with van der Waals surface area (Å²) in [5, 5.41) is 7.06. The molecule has 0 spiro atoms. The summed E-state index contributed by atoms with van der Waals surface area (Å²) in [6.07, 6.45) is 1.09. The van der Waals surface area contributed by atoms with Crippen LogP contribution in [-0.4, -0.2) is 13.6 Å². The van der Waals surface area contributed by atoms with Gasteiger partial charge in [0.05, 0.1) is 0 Å². The quantitative estimate of drug-likeness (QED) is 0.853. The average molecular weight is 248 g/mol. The minimum Gasteiger partial charge on any atom is -0.330 e. The Morgan fingerprint density at radius 1 is 1.35 bits per heavy atom. The minimum absolute atomic E-state index is 0.407. The van der Waals surface area contributed by atoms with Gasteiger partial charge in [-0.2, -0.15) is 0 Å². The largest absolute Gasteiger partial charge is 0.330 e. The SMILES string of the molecule is CNC(CC(C)CN)c1csc2ccccc12. The van der Waals surface area contributed by atoms with E-state index in [1.54, 1.807) is 0 Å². The first kappa shape index (κ1) is 12.6. The molecule has 1 aromatic carbocycles. The maximum absolute atomic E-state index is 5.72. The lowest BCUT2D eigenvalue weighted by Crippen LogP contribution is -2.22. The highest BCUT2D eigenvalue weighted by Gasteiger charge is 2.16. The molecule has 1 aromatic heterocycles. The second-order valence-electron chi connectivity index (χ2n) is 4.61. The minimum atomic E-state index is 0.407. The topological polar surface area (TPSA) is 38.0 Å². The van der Waals surface area contributed by atoms with Gasteiger partial charge in [-0.05, 0) is 48.3 Å². The van der Waals surface area contributed by atoms with Crippen molar-refractivity contribution < 1.29 is 0 Å². The van der Waals surface area contributed by atoms with Crippen LogP contribution < -0.4 is 11.1 Å². The van der Waals surface area contributed by atoms with E-state index in [-0.39, 0.29) is 0 Å². The lowest BCUT2D eigenvalue weighted by atomic mass is 9.96. The Morgan fingerprint density at radius 2 is 2.12 bits per heavy atom. The summed E-state index contributed by atoms with van der Waals surface area (Å²) in [5.74, 6) is 0.547. The van der Waals surface area contributed by atoms with E-state index in [0.29, 0.717) is 12.0 Å². The summed E-state index contributed by atoms with van der Waals surface area (Å²) in [6, 6.07) is 9.00. The number of nitrogens with one attached hydrogen (secondary N) is 1. The van der Waals surface area contributed by atoms with Crippen molar-refractivity contribution in [1.82, 2.24) is 5.32 Å². The molecular weight excluding hydrogens is 228 g/mol. The molecule has 3 N–H and O–H groups in total. The number of benzene rings is 1. The van der Waals surface area contributed by atoms with Crippen molar-refractivity contribution in [3.8, 4) is 0 Å². The Morgan fingerprint density at radius 3 is 2.82 bits per heavy atom. The maximum Gasteiger partial charge on any atom is 0.0346 e. The summed E-state index contributed by atoms with van der Waals surface area (Å²) >= 11 is 1.82. The van der Waals surface area contributed by atoms with E-state index in [9.17, 15) is 0 Å². The van der Waals surface area contributed by atoms with E-state index in [4.69, 9.17) is 5.73 Å². The van der Waals surface area contributed by atoms with Gasteiger partial charge in [-0.25, -0.2) is 0 Å². The van der Waals surface area contributed by atoms with Crippen LogP contribution in [0.2, 0.25) is 0 Å². The number of thiophene rings is 1. The van der Waals surface area contributed by atoms with Gasteiger partial charge in [-0.15, -0.1) is 11.3 Å². The Hall–Kier alpha value is -0.900. The smallest absolute Gasteiger partial charge is 0.0346 e. The summed E-state index contributed by atoms with van der Waals surface area (Å²) in [5.41, 5.74) is 7.13. The molecule has 2 atom stereocenters. The van der Waals surface area contributed by atoms with Crippen LogP contribution in [0.3, 0.4) is 0 Å². The van der Waals surface area contributed by atoms with Crippen LogP contribution in [-0.2, 0) is 0 Å². The van der Waals surface area contributed by atoms with Crippen molar-refractivity contribution in [1.29, 1.82) is 0 Å². The maximum atomic E-state index is 5.72. The third-order valence-electron chi connectivity index (χ3n) is 3.28. The van der Waals surface area contributed by atoms with Gasteiger partial charge in [-0.1, -0.05) is 25.1 Å². The van der Waals surface area contributed by atoms with Gasteiger partial charge < -0.3 is 11.1 Å². The van der Waals surface area contributed by atoms with Gasteiger partial charge in [0.2, 0.25) is 0 Å². The zero-order chi connectivity index (χ0) is 12.3. The van der Waals surface area contributed by atoms with Gasteiger partial charge in [-0.3, -0.25) is 0 Å². The molecule has 2 nitrogen and oxygen atoms in total. The molecule has 3 heteroatoms. The Bertz CT molecular complexity index is 478. The molecular formula is C14H20N2S. The summed E-state index contributed by atoms with van der Waals surface area (Å²) in [6.45, 7) is 2.96. The molecule has 0 radical (unpaired) electrons. The normalized spacial score (nSPS) is 15.0. The molecule has 0 aliphatic carbocycles. The van der Waals surface area contributed by atoms with Gasteiger partial charge in [0.1, 0.15) is 0 Å². The lowest BCUT2D eigenvalue weighted by molar-refractivity contribution is 0.440. The van der Waals surface area contributed by atoms with Gasteiger partial charge in [0.15, 0.2) is 0 Å². The molecule has 0 fully saturated rings. The van der Waals surface area contributed by atoms with Crippen molar-refractivity contribution in [3.63, 3.8) is 0 Å². The van der Waals surface area contributed by atoms with E-state index in [2.05, 4.69) is 41.9 Å². The highest BCUT2D eigenvalue weighted by atomic mass is 32.1. The van der Waals surface area contributed by atoms with Crippen molar-refractivity contribution in [2.24, 2.45) is 11.7 Å². The van der Waals surface area contributed by atoms with E-state index in [1.807, 2.05) is 18.4 Å². The number of hydrogen-bond acceptors (Lipinski definition) is 3. The molecule has 0 amide bonds. The zero-order valence-electron chi connectivity index (χ0n) is 10.4. The molecule has 2 rings (SSSR count). The van der Waals surface area contributed by atoms with Crippen molar-refractivity contribution in [2.75, 3.05) is 13.6 Å². The van der Waals surface area contributed by atoms with E-state index in [1.165, 1.54) is 15.6 Å². The van der Waals surface area contributed by atoms with E-state index < -0.39 is 0 Å². The summed E-state index contributed by atoms with van der Waals surface area (Å²) in [4.78, 5) is 0. The number of fused-ring (bicyclic) bond motifs is 1. The Balaban J connectivity index is 2.30. The first-order valence-electron chi connectivity index (χ1n) is 6.09. The molecule has 17 heavy (non-hydrogen) atoms. The third kappa shape index (κ3) is 2.68. The van der Waals surface area contributed by atoms with Crippen LogP contribution in [0.15, 0.2) is 29.6 Å². The molecule has 0 saturated heterocycles. The van der Waals surface area contributed by atoms with Gasteiger partial charge in [0, 0.05) is 10.7 Å². The van der Waals surface area contributed by atoms with Crippen LogP contribution in [0, 0.1) is 5.92 Å². The van der Waals surface area contributed by atoms with Crippen LogP contribution in [0.1, 0.15) is 24.9 Å². The highest BCUT2D eigenvalue weighted by molar-refractivity contribution is 7.17.